The first-order valence-electron chi connectivity index (χ1n) is 7.05. The number of nitrogens with zero attached hydrogens (tertiary/aromatic N) is 2. The van der Waals surface area contributed by atoms with Crippen LogP contribution in [0.1, 0.15) is 29.0 Å². The lowest BCUT2D eigenvalue weighted by Crippen LogP contribution is -2.45. The molecule has 0 amide bonds. The molecule has 0 saturated carbocycles. The van der Waals surface area contributed by atoms with Crippen molar-refractivity contribution in [3.63, 3.8) is 0 Å². The maximum absolute atomic E-state index is 11.5. The highest BCUT2D eigenvalue weighted by Crippen LogP contribution is 2.21. The third-order valence-electron chi connectivity index (χ3n) is 3.62. The molecule has 1 aliphatic rings. The lowest BCUT2D eigenvalue weighted by Gasteiger charge is -2.35. The Hall–Kier alpha value is -1.50. The van der Waals surface area contributed by atoms with Gasteiger partial charge in [0.25, 0.3) is 0 Å². The molecule has 1 fully saturated rings. The van der Waals surface area contributed by atoms with Crippen molar-refractivity contribution < 1.29 is 19.4 Å². The SMILES string of the molecule is COC(=O)c1cccc(CN(C)CC2(O)CCOCC2)n1. The molecule has 21 heavy (non-hydrogen) atoms. The highest BCUT2D eigenvalue weighted by molar-refractivity contribution is 5.87. The minimum atomic E-state index is -0.701. The number of rotatable bonds is 5. The monoisotopic (exact) mass is 294 g/mol. The Morgan fingerprint density at radius 2 is 2.19 bits per heavy atom. The Kier molecular flexibility index (Phi) is 5.27. The van der Waals surface area contributed by atoms with Crippen LogP contribution in [0.3, 0.4) is 0 Å². The van der Waals surface area contributed by atoms with Gasteiger partial charge in [-0.05, 0) is 19.2 Å². The fourth-order valence-corrected chi connectivity index (χ4v) is 2.53. The van der Waals surface area contributed by atoms with E-state index in [-0.39, 0.29) is 0 Å². The quantitative estimate of drug-likeness (QED) is 0.812. The summed E-state index contributed by atoms with van der Waals surface area (Å²) in [6.07, 6.45) is 1.29. The maximum atomic E-state index is 11.5. The van der Waals surface area contributed by atoms with Crippen molar-refractivity contribution >= 4 is 5.97 Å². The molecule has 2 rings (SSSR count). The van der Waals surface area contributed by atoms with Gasteiger partial charge in [-0.1, -0.05) is 6.07 Å². The fraction of sp³-hybridized carbons (Fsp3) is 0.600. The van der Waals surface area contributed by atoms with E-state index in [0.29, 0.717) is 44.8 Å². The molecule has 0 unspecified atom stereocenters. The highest BCUT2D eigenvalue weighted by Gasteiger charge is 2.31. The van der Waals surface area contributed by atoms with E-state index >= 15 is 0 Å². The molecule has 6 heteroatoms. The number of aromatic nitrogens is 1. The summed E-state index contributed by atoms with van der Waals surface area (Å²) in [7, 11) is 3.27. The van der Waals surface area contributed by atoms with Crippen molar-refractivity contribution in [1.29, 1.82) is 0 Å². The molecular formula is C15H22N2O4. The minimum Gasteiger partial charge on any atom is -0.464 e. The van der Waals surface area contributed by atoms with Gasteiger partial charge in [-0.15, -0.1) is 0 Å². The molecule has 0 radical (unpaired) electrons. The zero-order chi connectivity index (χ0) is 15.3. The molecule has 1 aromatic heterocycles. The molecule has 1 aromatic rings. The van der Waals surface area contributed by atoms with Crippen molar-refractivity contribution in [3.8, 4) is 0 Å². The second-order valence-electron chi connectivity index (χ2n) is 5.51. The van der Waals surface area contributed by atoms with Crippen LogP contribution in [0.4, 0.5) is 0 Å². The number of hydrogen-bond donors (Lipinski definition) is 1. The summed E-state index contributed by atoms with van der Waals surface area (Å²) >= 11 is 0. The summed E-state index contributed by atoms with van der Waals surface area (Å²) in [5, 5.41) is 10.5. The first-order chi connectivity index (χ1) is 10.0. The zero-order valence-corrected chi connectivity index (χ0v) is 12.5. The molecule has 1 saturated heterocycles. The van der Waals surface area contributed by atoms with Crippen molar-refractivity contribution in [3.05, 3.63) is 29.6 Å². The molecular weight excluding hydrogens is 272 g/mol. The summed E-state index contributed by atoms with van der Waals surface area (Å²) < 4.78 is 9.94. The Labute approximate surface area is 124 Å². The van der Waals surface area contributed by atoms with E-state index in [1.54, 1.807) is 12.1 Å². The van der Waals surface area contributed by atoms with Gasteiger partial charge < -0.3 is 14.6 Å². The molecule has 6 nitrogen and oxygen atoms in total. The summed E-state index contributed by atoms with van der Waals surface area (Å²) in [5.74, 6) is -0.442. The van der Waals surface area contributed by atoms with Crippen molar-refractivity contribution in [2.75, 3.05) is 33.9 Å². The van der Waals surface area contributed by atoms with Crippen LogP contribution < -0.4 is 0 Å². The number of hydrogen-bond acceptors (Lipinski definition) is 6. The Morgan fingerprint density at radius 3 is 2.86 bits per heavy atom. The molecule has 1 aliphatic heterocycles. The van der Waals surface area contributed by atoms with Gasteiger partial charge in [0, 0.05) is 39.1 Å². The van der Waals surface area contributed by atoms with E-state index in [2.05, 4.69) is 9.72 Å². The first-order valence-corrected chi connectivity index (χ1v) is 7.05. The average molecular weight is 294 g/mol. The second-order valence-corrected chi connectivity index (χ2v) is 5.51. The predicted octanol–water partition coefficient (Wildman–Crippen LogP) is 0.841. The van der Waals surface area contributed by atoms with E-state index < -0.39 is 11.6 Å². The third-order valence-corrected chi connectivity index (χ3v) is 3.62. The number of esters is 1. The van der Waals surface area contributed by atoms with Crippen LogP contribution in [0, 0.1) is 0 Å². The summed E-state index contributed by atoms with van der Waals surface area (Å²) in [4.78, 5) is 17.8. The lowest BCUT2D eigenvalue weighted by atomic mass is 9.94. The normalized spacial score (nSPS) is 17.7. The van der Waals surface area contributed by atoms with Gasteiger partial charge >= 0.3 is 5.97 Å². The number of likely N-dealkylation sites (N-methyl/N-ethyl adjacent to an activating group) is 1. The fourth-order valence-electron chi connectivity index (χ4n) is 2.53. The molecule has 116 valence electrons. The second kappa shape index (κ2) is 6.98. The smallest absolute Gasteiger partial charge is 0.356 e. The van der Waals surface area contributed by atoms with E-state index in [0.717, 1.165) is 5.69 Å². The van der Waals surface area contributed by atoms with Gasteiger partial charge in [0.05, 0.1) is 18.4 Å². The number of pyridine rings is 1. The van der Waals surface area contributed by atoms with Crippen LogP contribution in [-0.2, 0) is 16.0 Å². The van der Waals surface area contributed by atoms with Gasteiger partial charge in [-0.3, -0.25) is 4.90 Å². The van der Waals surface area contributed by atoms with Crippen molar-refractivity contribution in [1.82, 2.24) is 9.88 Å². The molecule has 1 N–H and O–H groups in total. The summed E-state index contributed by atoms with van der Waals surface area (Å²) in [5.41, 5.74) is 0.372. The van der Waals surface area contributed by atoms with Gasteiger partial charge in [-0.25, -0.2) is 9.78 Å². The van der Waals surface area contributed by atoms with Gasteiger partial charge in [0.15, 0.2) is 0 Å². The molecule has 0 aromatic carbocycles. The van der Waals surface area contributed by atoms with Crippen LogP contribution in [0.5, 0.6) is 0 Å². The van der Waals surface area contributed by atoms with Crippen LogP contribution in [-0.4, -0.2) is 60.5 Å². The van der Waals surface area contributed by atoms with E-state index in [4.69, 9.17) is 4.74 Å². The van der Waals surface area contributed by atoms with Crippen LogP contribution >= 0.6 is 0 Å². The number of methoxy groups -OCH3 is 1. The molecule has 0 bridgehead atoms. The third kappa shape index (κ3) is 4.49. The lowest BCUT2D eigenvalue weighted by molar-refractivity contribution is -0.0778. The van der Waals surface area contributed by atoms with E-state index in [1.165, 1.54) is 7.11 Å². The van der Waals surface area contributed by atoms with Gasteiger partial charge in [0.2, 0.25) is 0 Å². The first kappa shape index (κ1) is 15.9. The Bertz CT molecular complexity index is 486. The van der Waals surface area contributed by atoms with E-state index in [9.17, 15) is 9.90 Å². The number of aliphatic hydroxyl groups is 1. The van der Waals surface area contributed by atoms with Crippen molar-refractivity contribution in [2.24, 2.45) is 0 Å². The van der Waals surface area contributed by atoms with Gasteiger partial charge in [-0.2, -0.15) is 0 Å². The van der Waals surface area contributed by atoms with Crippen LogP contribution in [0.2, 0.25) is 0 Å². The van der Waals surface area contributed by atoms with Crippen molar-refractivity contribution in [2.45, 2.75) is 25.0 Å². The zero-order valence-electron chi connectivity index (χ0n) is 12.5. The number of carbonyl (C=O) groups excluding carboxylic acids is 1. The topological polar surface area (TPSA) is 71.9 Å². The minimum absolute atomic E-state index is 0.299. The Balaban J connectivity index is 1.96. The standard InChI is InChI=1S/C15H22N2O4/c1-17(11-15(19)6-8-21-9-7-15)10-12-4-3-5-13(16-12)14(18)20-2/h3-5,19H,6-11H2,1-2H3. The van der Waals surface area contributed by atoms with Gasteiger partial charge in [0.1, 0.15) is 5.69 Å². The average Bonchev–Trinajstić information content (AvgIpc) is 2.46. The maximum Gasteiger partial charge on any atom is 0.356 e. The van der Waals surface area contributed by atoms with Crippen LogP contribution in [0.25, 0.3) is 0 Å². The van der Waals surface area contributed by atoms with E-state index in [1.807, 2.05) is 18.0 Å². The largest absolute Gasteiger partial charge is 0.464 e. The molecule has 2 heterocycles. The summed E-state index contributed by atoms with van der Waals surface area (Å²) in [6, 6.07) is 5.27. The molecule has 0 spiro atoms. The number of ether oxygens (including phenoxy) is 2. The molecule has 0 aliphatic carbocycles. The Morgan fingerprint density at radius 1 is 1.48 bits per heavy atom. The highest BCUT2D eigenvalue weighted by atomic mass is 16.5. The molecule has 0 atom stereocenters. The summed E-state index contributed by atoms with van der Waals surface area (Å²) in [6.45, 7) is 2.31. The predicted molar refractivity (Wildman–Crippen MR) is 76.9 cm³/mol. The number of carbonyl (C=O) groups is 1. The van der Waals surface area contributed by atoms with Crippen LogP contribution in [0.15, 0.2) is 18.2 Å².